The Hall–Kier alpha value is -1.86. The van der Waals surface area contributed by atoms with Gasteiger partial charge in [0.1, 0.15) is 5.75 Å². The van der Waals surface area contributed by atoms with Crippen molar-refractivity contribution in [1.29, 1.82) is 0 Å². The predicted molar refractivity (Wildman–Crippen MR) is 79.9 cm³/mol. The fraction of sp³-hybridized carbons (Fsp3) is 0.462. The molecule has 1 aromatic rings. The van der Waals surface area contributed by atoms with Crippen LogP contribution in [0.5, 0.6) is 5.75 Å². The molecule has 21 heavy (non-hydrogen) atoms. The van der Waals surface area contributed by atoms with Gasteiger partial charge in [0.05, 0.1) is 11.0 Å². The van der Waals surface area contributed by atoms with E-state index >= 15 is 0 Å². The molecule has 2 rings (SSSR count). The summed E-state index contributed by atoms with van der Waals surface area (Å²) in [5, 5.41) is 13.9. The first-order valence-corrected chi connectivity index (χ1v) is 6.45. The molecule has 0 aromatic heterocycles. The number of amides is 1. The van der Waals surface area contributed by atoms with Crippen LogP contribution in [0, 0.1) is 10.1 Å². The number of hydrogen-bond donors (Lipinski definition) is 1. The first-order valence-electron chi connectivity index (χ1n) is 6.45. The zero-order chi connectivity index (χ0) is 14.5. The SMILES string of the molecule is CC1CNCCN1C(=O)COc1cccc([N+](=O)[O-])c1.Cl. The van der Waals surface area contributed by atoms with E-state index in [1.165, 1.54) is 18.2 Å². The van der Waals surface area contributed by atoms with E-state index in [-0.39, 0.29) is 36.7 Å². The summed E-state index contributed by atoms with van der Waals surface area (Å²) >= 11 is 0. The molecular weight excluding hydrogens is 298 g/mol. The molecule has 116 valence electrons. The molecule has 0 bridgehead atoms. The average Bonchev–Trinajstić information content (AvgIpc) is 2.45. The smallest absolute Gasteiger partial charge is 0.273 e. The van der Waals surface area contributed by atoms with Gasteiger partial charge in [0.15, 0.2) is 6.61 Å². The fourth-order valence-corrected chi connectivity index (χ4v) is 2.13. The molecule has 1 atom stereocenters. The van der Waals surface area contributed by atoms with Crippen LogP contribution in [0.1, 0.15) is 6.92 Å². The number of piperazine rings is 1. The van der Waals surface area contributed by atoms with Crippen molar-refractivity contribution >= 4 is 24.0 Å². The van der Waals surface area contributed by atoms with E-state index in [4.69, 9.17) is 4.74 Å². The Kier molecular flexibility index (Phi) is 6.39. The maximum absolute atomic E-state index is 12.0. The summed E-state index contributed by atoms with van der Waals surface area (Å²) < 4.78 is 5.34. The fourth-order valence-electron chi connectivity index (χ4n) is 2.13. The lowest BCUT2D eigenvalue weighted by molar-refractivity contribution is -0.384. The van der Waals surface area contributed by atoms with Gasteiger partial charge in [-0.25, -0.2) is 0 Å². The number of nitro benzene ring substituents is 1. The van der Waals surface area contributed by atoms with Crippen LogP contribution in [-0.2, 0) is 4.79 Å². The van der Waals surface area contributed by atoms with Crippen LogP contribution < -0.4 is 10.1 Å². The van der Waals surface area contributed by atoms with Gasteiger partial charge in [0.25, 0.3) is 11.6 Å². The molecule has 0 saturated carbocycles. The number of ether oxygens (including phenoxy) is 1. The van der Waals surface area contributed by atoms with E-state index in [1.54, 1.807) is 11.0 Å². The van der Waals surface area contributed by atoms with Gasteiger partial charge < -0.3 is 15.0 Å². The topological polar surface area (TPSA) is 84.7 Å². The van der Waals surface area contributed by atoms with E-state index in [0.717, 1.165) is 13.1 Å². The standard InChI is InChI=1S/C13H17N3O4.ClH/c1-10-8-14-5-6-15(10)13(17)9-20-12-4-2-3-11(7-12)16(18)19;/h2-4,7,10,14H,5-6,8-9H2,1H3;1H. The maximum Gasteiger partial charge on any atom is 0.273 e. The predicted octanol–water partition coefficient (Wildman–Crippen LogP) is 1.22. The molecule has 1 aliphatic rings. The molecule has 1 heterocycles. The van der Waals surface area contributed by atoms with Gasteiger partial charge in [-0.05, 0) is 13.0 Å². The largest absolute Gasteiger partial charge is 0.484 e. The lowest BCUT2D eigenvalue weighted by atomic mass is 10.2. The van der Waals surface area contributed by atoms with Crippen molar-refractivity contribution in [3.05, 3.63) is 34.4 Å². The summed E-state index contributed by atoms with van der Waals surface area (Å²) in [6, 6.07) is 5.96. The second-order valence-corrected chi connectivity index (χ2v) is 4.68. The Morgan fingerprint density at radius 2 is 2.33 bits per heavy atom. The molecule has 1 unspecified atom stereocenters. The number of carbonyl (C=O) groups excluding carboxylic acids is 1. The van der Waals surface area contributed by atoms with Crippen molar-refractivity contribution in [2.75, 3.05) is 26.2 Å². The molecule has 1 fully saturated rings. The highest BCUT2D eigenvalue weighted by Crippen LogP contribution is 2.19. The Labute approximate surface area is 128 Å². The van der Waals surface area contributed by atoms with Crippen LogP contribution in [0.2, 0.25) is 0 Å². The number of nitrogens with one attached hydrogen (secondary N) is 1. The van der Waals surface area contributed by atoms with E-state index < -0.39 is 4.92 Å². The van der Waals surface area contributed by atoms with E-state index in [0.29, 0.717) is 12.3 Å². The molecule has 1 saturated heterocycles. The molecule has 0 radical (unpaired) electrons. The molecule has 1 aromatic carbocycles. The minimum Gasteiger partial charge on any atom is -0.484 e. The van der Waals surface area contributed by atoms with Gasteiger partial charge in [-0.3, -0.25) is 14.9 Å². The highest BCUT2D eigenvalue weighted by atomic mass is 35.5. The lowest BCUT2D eigenvalue weighted by Crippen LogP contribution is -2.53. The van der Waals surface area contributed by atoms with Gasteiger partial charge in [0, 0.05) is 31.7 Å². The molecule has 0 spiro atoms. The molecule has 1 amide bonds. The third kappa shape index (κ3) is 4.57. The first-order chi connectivity index (χ1) is 9.58. The van der Waals surface area contributed by atoms with Crippen molar-refractivity contribution in [2.45, 2.75) is 13.0 Å². The number of non-ortho nitro benzene ring substituents is 1. The second-order valence-electron chi connectivity index (χ2n) is 4.68. The van der Waals surface area contributed by atoms with Gasteiger partial charge in [-0.2, -0.15) is 0 Å². The number of rotatable bonds is 4. The monoisotopic (exact) mass is 315 g/mol. The summed E-state index contributed by atoms with van der Waals surface area (Å²) in [5.41, 5.74) is -0.0505. The molecule has 1 N–H and O–H groups in total. The third-order valence-electron chi connectivity index (χ3n) is 3.21. The van der Waals surface area contributed by atoms with Gasteiger partial charge >= 0.3 is 0 Å². The quantitative estimate of drug-likeness (QED) is 0.667. The Bertz CT molecular complexity index is 512. The van der Waals surface area contributed by atoms with Crippen molar-refractivity contribution < 1.29 is 14.5 Å². The molecule has 8 heteroatoms. The van der Waals surface area contributed by atoms with Crippen LogP contribution in [0.3, 0.4) is 0 Å². The van der Waals surface area contributed by atoms with Gasteiger partial charge in [-0.15, -0.1) is 12.4 Å². The normalized spacial score (nSPS) is 17.8. The molecule has 1 aliphatic heterocycles. The molecule has 7 nitrogen and oxygen atoms in total. The molecule has 0 aliphatic carbocycles. The van der Waals surface area contributed by atoms with Crippen molar-refractivity contribution in [1.82, 2.24) is 10.2 Å². The van der Waals surface area contributed by atoms with Gasteiger partial charge in [-0.1, -0.05) is 6.07 Å². The average molecular weight is 316 g/mol. The summed E-state index contributed by atoms with van der Waals surface area (Å²) in [6.45, 7) is 4.05. The number of halogens is 1. The van der Waals surface area contributed by atoms with Crippen LogP contribution in [0.15, 0.2) is 24.3 Å². The minimum atomic E-state index is -0.493. The highest BCUT2D eigenvalue weighted by Gasteiger charge is 2.23. The Morgan fingerprint density at radius 3 is 3.00 bits per heavy atom. The number of hydrogen-bond acceptors (Lipinski definition) is 5. The van der Waals surface area contributed by atoms with E-state index in [2.05, 4.69) is 5.32 Å². The van der Waals surface area contributed by atoms with Crippen LogP contribution in [-0.4, -0.2) is 48.0 Å². The lowest BCUT2D eigenvalue weighted by Gasteiger charge is -2.33. The highest BCUT2D eigenvalue weighted by molar-refractivity contribution is 5.85. The van der Waals surface area contributed by atoms with Gasteiger partial charge in [0.2, 0.25) is 0 Å². The zero-order valence-corrected chi connectivity index (χ0v) is 12.5. The van der Waals surface area contributed by atoms with E-state index in [9.17, 15) is 14.9 Å². The van der Waals surface area contributed by atoms with Crippen LogP contribution in [0.25, 0.3) is 0 Å². The number of benzene rings is 1. The Morgan fingerprint density at radius 1 is 1.57 bits per heavy atom. The summed E-state index contributed by atoms with van der Waals surface area (Å²) in [5.74, 6) is 0.223. The Balaban J connectivity index is 0.00000220. The minimum absolute atomic E-state index is 0. The van der Waals surface area contributed by atoms with Crippen molar-refractivity contribution in [2.24, 2.45) is 0 Å². The maximum atomic E-state index is 12.0. The zero-order valence-electron chi connectivity index (χ0n) is 11.7. The number of carbonyl (C=O) groups is 1. The van der Waals surface area contributed by atoms with Crippen molar-refractivity contribution in [3.63, 3.8) is 0 Å². The van der Waals surface area contributed by atoms with Crippen LogP contribution in [0.4, 0.5) is 5.69 Å². The second kappa shape index (κ2) is 7.80. The summed E-state index contributed by atoms with van der Waals surface area (Å²) in [4.78, 5) is 24.0. The number of nitrogens with zero attached hydrogens (tertiary/aromatic N) is 2. The first kappa shape index (κ1) is 17.2. The van der Waals surface area contributed by atoms with E-state index in [1.807, 2.05) is 6.92 Å². The third-order valence-corrected chi connectivity index (χ3v) is 3.21. The van der Waals surface area contributed by atoms with Crippen molar-refractivity contribution in [3.8, 4) is 5.75 Å². The van der Waals surface area contributed by atoms with Crippen LogP contribution >= 0.6 is 12.4 Å². The molecular formula is C13H18ClN3O4. The summed E-state index contributed by atoms with van der Waals surface area (Å²) in [6.07, 6.45) is 0. The summed E-state index contributed by atoms with van der Waals surface area (Å²) in [7, 11) is 0. The number of nitro groups is 1.